The van der Waals surface area contributed by atoms with Gasteiger partial charge in [-0.15, -0.1) is 11.3 Å². The molecule has 0 radical (unpaired) electrons. The van der Waals surface area contributed by atoms with Crippen molar-refractivity contribution in [3.05, 3.63) is 15.5 Å². The standard InChI is InChI=1S/C15H21ClN2O4S/c1-14(2,3)22-13(21)18-6-4-15(5-7-18,11(19)20)8-10-9-23-12(16)17-10/h9H,4-8H2,1-3H3,(H,19,20). The average molecular weight is 361 g/mol. The van der Waals surface area contributed by atoms with Crippen LogP contribution in [0.25, 0.3) is 0 Å². The van der Waals surface area contributed by atoms with E-state index in [-0.39, 0.29) is 0 Å². The van der Waals surface area contributed by atoms with Crippen molar-refractivity contribution in [2.75, 3.05) is 13.1 Å². The number of carbonyl (C=O) groups is 2. The fourth-order valence-electron chi connectivity index (χ4n) is 2.62. The monoisotopic (exact) mass is 360 g/mol. The molecule has 23 heavy (non-hydrogen) atoms. The molecule has 0 aromatic carbocycles. The zero-order valence-corrected chi connectivity index (χ0v) is 15.0. The number of carboxylic acids is 1. The molecular weight excluding hydrogens is 340 g/mol. The topological polar surface area (TPSA) is 79.7 Å². The summed E-state index contributed by atoms with van der Waals surface area (Å²) >= 11 is 7.11. The number of ether oxygens (including phenoxy) is 1. The number of aromatic nitrogens is 1. The third-order valence-corrected chi connectivity index (χ3v) is 4.90. The van der Waals surface area contributed by atoms with Crippen LogP contribution in [0.3, 0.4) is 0 Å². The molecule has 2 rings (SSSR count). The highest BCUT2D eigenvalue weighted by molar-refractivity contribution is 7.13. The number of thiazole rings is 1. The quantitative estimate of drug-likeness (QED) is 0.893. The van der Waals surface area contributed by atoms with E-state index in [9.17, 15) is 14.7 Å². The summed E-state index contributed by atoms with van der Waals surface area (Å²) in [6, 6.07) is 0. The number of hydrogen-bond acceptors (Lipinski definition) is 5. The van der Waals surface area contributed by atoms with Gasteiger partial charge in [0.1, 0.15) is 5.60 Å². The van der Waals surface area contributed by atoms with E-state index in [1.807, 2.05) is 20.8 Å². The van der Waals surface area contributed by atoms with E-state index in [0.717, 1.165) is 0 Å². The number of carboxylic acid groups (broad SMARTS) is 1. The third-order valence-electron chi connectivity index (χ3n) is 3.87. The molecule has 1 aliphatic heterocycles. The minimum Gasteiger partial charge on any atom is -0.481 e. The van der Waals surface area contributed by atoms with E-state index in [4.69, 9.17) is 16.3 Å². The predicted octanol–water partition coefficient (Wildman–Crippen LogP) is 3.44. The second-order valence-corrected chi connectivity index (χ2v) is 8.26. The summed E-state index contributed by atoms with van der Waals surface area (Å²) in [6.07, 6.45) is 0.675. The summed E-state index contributed by atoms with van der Waals surface area (Å²) in [4.78, 5) is 29.6. The van der Waals surface area contributed by atoms with Crippen molar-refractivity contribution in [2.45, 2.75) is 45.6 Å². The molecule has 0 aliphatic carbocycles. The molecule has 8 heteroatoms. The highest BCUT2D eigenvalue weighted by Crippen LogP contribution is 2.36. The van der Waals surface area contributed by atoms with Crippen LogP contribution in [0.15, 0.2) is 5.38 Å². The molecule has 1 N–H and O–H groups in total. The van der Waals surface area contributed by atoms with E-state index in [0.29, 0.717) is 42.5 Å². The molecule has 0 atom stereocenters. The number of hydrogen-bond donors (Lipinski definition) is 1. The van der Waals surface area contributed by atoms with E-state index in [1.165, 1.54) is 11.3 Å². The van der Waals surface area contributed by atoms with Gasteiger partial charge in [-0.2, -0.15) is 0 Å². The van der Waals surface area contributed by atoms with Gasteiger partial charge in [0.2, 0.25) is 0 Å². The third kappa shape index (κ3) is 4.57. The van der Waals surface area contributed by atoms with Crippen molar-refractivity contribution in [1.82, 2.24) is 9.88 Å². The number of halogens is 1. The van der Waals surface area contributed by atoms with Crippen LogP contribution < -0.4 is 0 Å². The zero-order chi connectivity index (χ0) is 17.3. The molecule has 0 saturated carbocycles. The van der Waals surface area contributed by atoms with Gasteiger partial charge in [-0.25, -0.2) is 9.78 Å². The van der Waals surface area contributed by atoms with Crippen LogP contribution in [0.1, 0.15) is 39.3 Å². The van der Waals surface area contributed by atoms with Crippen molar-refractivity contribution in [3.63, 3.8) is 0 Å². The Balaban J connectivity index is 2.03. The Kier molecular flexibility index (Phi) is 5.20. The van der Waals surface area contributed by atoms with Gasteiger partial charge in [-0.05, 0) is 33.6 Å². The maximum absolute atomic E-state index is 12.1. The number of amides is 1. The fourth-order valence-corrected chi connectivity index (χ4v) is 3.40. The van der Waals surface area contributed by atoms with Crippen LogP contribution in [0.2, 0.25) is 4.47 Å². The van der Waals surface area contributed by atoms with Gasteiger partial charge in [0.15, 0.2) is 4.47 Å². The fraction of sp³-hybridized carbons (Fsp3) is 0.667. The Morgan fingerprint density at radius 1 is 1.43 bits per heavy atom. The van der Waals surface area contributed by atoms with Crippen LogP contribution in [-0.2, 0) is 16.0 Å². The van der Waals surface area contributed by atoms with E-state index in [1.54, 1.807) is 10.3 Å². The van der Waals surface area contributed by atoms with E-state index >= 15 is 0 Å². The molecule has 128 valence electrons. The second kappa shape index (κ2) is 6.65. The molecule has 0 spiro atoms. The van der Waals surface area contributed by atoms with Crippen molar-refractivity contribution in [1.29, 1.82) is 0 Å². The Morgan fingerprint density at radius 2 is 2.04 bits per heavy atom. The molecule has 1 fully saturated rings. The molecule has 0 bridgehead atoms. The average Bonchev–Trinajstić information content (AvgIpc) is 2.82. The molecular formula is C15H21ClN2O4S. The van der Waals surface area contributed by atoms with Gasteiger partial charge < -0.3 is 14.7 Å². The predicted molar refractivity (Wildman–Crippen MR) is 87.9 cm³/mol. The minimum absolute atomic E-state index is 0.327. The lowest BCUT2D eigenvalue weighted by atomic mass is 9.75. The van der Waals surface area contributed by atoms with Crippen LogP contribution in [0.4, 0.5) is 4.79 Å². The Bertz CT molecular complexity index is 589. The first-order valence-corrected chi connectivity index (χ1v) is 8.68. The van der Waals surface area contributed by atoms with Crippen molar-refractivity contribution in [2.24, 2.45) is 5.41 Å². The van der Waals surface area contributed by atoms with Gasteiger partial charge in [0.25, 0.3) is 0 Å². The molecule has 6 nitrogen and oxygen atoms in total. The first-order chi connectivity index (χ1) is 10.6. The largest absolute Gasteiger partial charge is 0.481 e. The summed E-state index contributed by atoms with van der Waals surface area (Å²) in [5, 5.41) is 11.5. The van der Waals surface area contributed by atoms with Crippen molar-refractivity contribution < 1.29 is 19.4 Å². The molecule has 1 amide bonds. The van der Waals surface area contributed by atoms with Gasteiger partial charge in [0, 0.05) is 24.9 Å². The number of carbonyl (C=O) groups excluding carboxylic acids is 1. The molecule has 2 heterocycles. The van der Waals surface area contributed by atoms with Crippen LogP contribution in [0.5, 0.6) is 0 Å². The van der Waals surface area contributed by atoms with Gasteiger partial charge in [-0.3, -0.25) is 4.79 Å². The SMILES string of the molecule is CC(C)(C)OC(=O)N1CCC(Cc2csc(Cl)n2)(C(=O)O)CC1. The second-order valence-electron chi connectivity index (χ2n) is 6.82. The Labute approximate surface area is 144 Å². The Morgan fingerprint density at radius 3 is 2.48 bits per heavy atom. The van der Waals surface area contributed by atoms with Crippen molar-refractivity contribution >= 4 is 35.0 Å². The number of aliphatic carboxylic acids is 1. The number of piperidine rings is 1. The summed E-state index contributed by atoms with van der Waals surface area (Å²) in [7, 11) is 0. The van der Waals surface area contributed by atoms with Crippen molar-refractivity contribution in [3.8, 4) is 0 Å². The minimum atomic E-state index is -0.907. The lowest BCUT2D eigenvalue weighted by molar-refractivity contribution is -0.152. The van der Waals surface area contributed by atoms with E-state index in [2.05, 4.69) is 4.98 Å². The first kappa shape index (κ1) is 18.0. The maximum Gasteiger partial charge on any atom is 0.410 e. The highest BCUT2D eigenvalue weighted by Gasteiger charge is 2.43. The summed E-state index contributed by atoms with van der Waals surface area (Å²) in [6.45, 7) is 6.14. The number of likely N-dealkylation sites (tertiary alicyclic amines) is 1. The number of nitrogens with zero attached hydrogens (tertiary/aromatic N) is 2. The van der Waals surface area contributed by atoms with Crippen LogP contribution >= 0.6 is 22.9 Å². The van der Waals surface area contributed by atoms with Crippen LogP contribution in [-0.4, -0.2) is 45.7 Å². The van der Waals surface area contributed by atoms with E-state index < -0.39 is 23.1 Å². The van der Waals surface area contributed by atoms with Gasteiger partial charge in [0.05, 0.1) is 11.1 Å². The molecule has 1 aromatic heterocycles. The number of rotatable bonds is 3. The highest BCUT2D eigenvalue weighted by atomic mass is 35.5. The zero-order valence-electron chi connectivity index (χ0n) is 13.5. The smallest absolute Gasteiger partial charge is 0.410 e. The summed E-state index contributed by atoms with van der Waals surface area (Å²) in [5.74, 6) is -0.856. The van der Waals surface area contributed by atoms with Gasteiger partial charge in [-0.1, -0.05) is 11.6 Å². The normalized spacial score (nSPS) is 17.8. The first-order valence-electron chi connectivity index (χ1n) is 7.43. The Hall–Kier alpha value is -1.34. The maximum atomic E-state index is 12.1. The molecule has 1 aromatic rings. The lowest BCUT2D eigenvalue weighted by Gasteiger charge is -2.39. The summed E-state index contributed by atoms with van der Waals surface area (Å²) in [5.41, 5.74) is -0.779. The lowest BCUT2D eigenvalue weighted by Crippen LogP contribution is -2.48. The van der Waals surface area contributed by atoms with Crippen LogP contribution in [0, 0.1) is 5.41 Å². The molecule has 1 saturated heterocycles. The molecule has 0 unspecified atom stereocenters. The summed E-state index contributed by atoms with van der Waals surface area (Å²) < 4.78 is 5.75. The molecule has 1 aliphatic rings. The van der Waals surface area contributed by atoms with Gasteiger partial charge >= 0.3 is 12.1 Å².